The molecule has 0 spiro atoms. The van der Waals surface area contributed by atoms with Crippen molar-refractivity contribution in [1.29, 1.82) is 0 Å². The van der Waals surface area contributed by atoms with Crippen LogP contribution in [-0.4, -0.2) is 0 Å². The van der Waals surface area contributed by atoms with E-state index in [2.05, 4.69) is 24.3 Å². The van der Waals surface area contributed by atoms with Crippen LogP contribution in [0.2, 0.25) is 0 Å². The van der Waals surface area contributed by atoms with Gasteiger partial charge in [0.05, 0.1) is 0 Å². The summed E-state index contributed by atoms with van der Waals surface area (Å²) in [6.07, 6.45) is 16.7. The first kappa shape index (κ1) is 10.2. The lowest BCUT2D eigenvalue weighted by atomic mass is 9.57. The third kappa shape index (κ3) is 0.856. The topological polar surface area (TPSA) is 0 Å². The fourth-order valence-electron chi connectivity index (χ4n) is 9.45. The molecule has 0 nitrogen and oxygen atoms in total. The largest absolute Gasteiger partial charge is 0.0879 e. The molecule has 104 valence electrons. The Morgan fingerprint density at radius 3 is 2.05 bits per heavy atom. The first-order chi connectivity index (χ1) is 9.92. The zero-order valence-electron chi connectivity index (χ0n) is 12.1. The van der Waals surface area contributed by atoms with Crippen molar-refractivity contribution in [2.45, 2.75) is 25.7 Å². The molecule has 7 rings (SSSR count). The Morgan fingerprint density at radius 1 is 0.550 bits per heavy atom. The highest BCUT2D eigenvalue weighted by Crippen LogP contribution is 2.77. The zero-order chi connectivity index (χ0) is 12.6. The lowest BCUT2D eigenvalue weighted by molar-refractivity contribution is 0.0160. The molecule has 6 bridgehead atoms. The molecule has 5 saturated carbocycles. The van der Waals surface area contributed by atoms with Gasteiger partial charge in [0.1, 0.15) is 0 Å². The average molecular weight is 264 g/mol. The predicted octanol–water partition coefficient (Wildman–Crippen LogP) is 4.15. The van der Waals surface area contributed by atoms with Crippen molar-refractivity contribution in [3.8, 4) is 0 Å². The van der Waals surface area contributed by atoms with Crippen LogP contribution in [0, 0.1) is 71.0 Å². The predicted molar refractivity (Wildman–Crippen MR) is 78.6 cm³/mol. The molecule has 7 aliphatic rings. The molecular formula is C20H24. The molecule has 0 heterocycles. The summed E-state index contributed by atoms with van der Waals surface area (Å²) in [4.78, 5) is 0. The minimum absolute atomic E-state index is 1.01. The Hall–Kier alpha value is -0.520. The van der Waals surface area contributed by atoms with Crippen molar-refractivity contribution in [1.82, 2.24) is 0 Å². The maximum atomic E-state index is 2.63. The summed E-state index contributed by atoms with van der Waals surface area (Å²) in [5.74, 6) is 13.3. The number of hydrogen-bond acceptors (Lipinski definition) is 0. The SMILES string of the molecule is C1=CC2C(C1)C1CC2C2C3CC(C4C5C=CC(C5)C34)C12. The first-order valence-corrected chi connectivity index (χ1v) is 9.27. The van der Waals surface area contributed by atoms with Crippen LogP contribution in [0.3, 0.4) is 0 Å². The van der Waals surface area contributed by atoms with Gasteiger partial charge in [-0.25, -0.2) is 0 Å². The number of hydrogen-bond donors (Lipinski definition) is 0. The molecule has 0 aromatic rings. The molecule has 20 heavy (non-hydrogen) atoms. The fourth-order valence-corrected chi connectivity index (χ4v) is 9.45. The van der Waals surface area contributed by atoms with Crippen LogP contribution in [0.1, 0.15) is 25.7 Å². The third-order valence-electron chi connectivity index (χ3n) is 9.39. The quantitative estimate of drug-likeness (QED) is 0.455. The molecule has 0 aromatic heterocycles. The van der Waals surface area contributed by atoms with Gasteiger partial charge in [0.25, 0.3) is 0 Å². The Morgan fingerprint density at radius 2 is 1.25 bits per heavy atom. The maximum absolute atomic E-state index is 2.63. The van der Waals surface area contributed by atoms with Crippen molar-refractivity contribution in [2.75, 3.05) is 0 Å². The van der Waals surface area contributed by atoms with E-state index >= 15 is 0 Å². The van der Waals surface area contributed by atoms with E-state index in [9.17, 15) is 0 Å². The van der Waals surface area contributed by atoms with Crippen LogP contribution in [0.15, 0.2) is 24.3 Å². The van der Waals surface area contributed by atoms with Crippen molar-refractivity contribution in [2.24, 2.45) is 71.0 Å². The van der Waals surface area contributed by atoms with Gasteiger partial charge in [-0.2, -0.15) is 0 Å². The first-order valence-electron chi connectivity index (χ1n) is 9.27. The Balaban J connectivity index is 1.36. The lowest BCUT2D eigenvalue weighted by Crippen LogP contribution is -2.43. The number of fused-ring (bicyclic) bond motifs is 19. The van der Waals surface area contributed by atoms with Gasteiger partial charge in [-0.05, 0) is 96.7 Å². The Labute approximate surface area is 121 Å². The van der Waals surface area contributed by atoms with Gasteiger partial charge in [0.15, 0.2) is 0 Å². The zero-order valence-corrected chi connectivity index (χ0v) is 12.1. The Kier molecular flexibility index (Phi) is 1.53. The molecule has 0 aliphatic heterocycles. The number of rotatable bonds is 0. The summed E-state index contributed by atoms with van der Waals surface area (Å²) in [6, 6.07) is 0. The summed E-state index contributed by atoms with van der Waals surface area (Å²) in [7, 11) is 0. The second-order valence-corrected chi connectivity index (χ2v) is 9.29. The fraction of sp³-hybridized carbons (Fsp3) is 0.800. The Bertz CT molecular complexity index is 556. The van der Waals surface area contributed by atoms with E-state index in [4.69, 9.17) is 0 Å². The summed E-state index contributed by atoms with van der Waals surface area (Å²) in [6.45, 7) is 0. The number of allylic oxidation sites excluding steroid dienone is 4. The highest BCUT2D eigenvalue weighted by Gasteiger charge is 2.72. The van der Waals surface area contributed by atoms with Crippen LogP contribution in [0.4, 0.5) is 0 Å². The summed E-state index contributed by atoms with van der Waals surface area (Å²) < 4.78 is 0. The van der Waals surface area contributed by atoms with Crippen molar-refractivity contribution >= 4 is 0 Å². The van der Waals surface area contributed by atoms with Crippen molar-refractivity contribution in [3.63, 3.8) is 0 Å². The minimum atomic E-state index is 1.01. The molecule has 0 aromatic carbocycles. The summed E-state index contributed by atoms with van der Waals surface area (Å²) in [5, 5.41) is 0. The van der Waals surface area contributed by atoms with E-state index in [0.29, 0.717) is 0 Å². The van der Waals surface area contributed by atoms with E-state index < -0.39 is 0 Å². The standard InChI is InChI=1S/C20H24/c1-2-11-12(3-1)14-7-13(11)19-15-8-16(20(14)19)18-10-5-4-9(6-10)17(15)18/h1-2,4-5,9-20H,3,6-8H2. The smallest absolute Gasteiger partial charge is 0.0168 e. The third-order valence-corrected chi connectivity index (χ3v) is 9.39. The molecule has 12 unspecified atom stereocenters. The van der Waals surface area contributed by atoms with Gasteiger partial charge in [-0.15, -0.1) is 0 Å². The molecular weight excluding hydrogens is 240 g/mol. The van der Waals surface area contributed by atoms with Crippen molar-refractivity contribution in [3.05, 3.63) is 24.3 Å². The van der Waals surface area contributed by atoms with Crippen molar-refractivity contribution < 1.29 is 0 Å². The maximum Gasteiger partial charge on any atom is -0.0168 e. The molecule has 0 radical (unpaired) electrons. The highest BCUT2D eigenvalue weighted by atomic mass is 14.8. The van der Waals surface area contributed by atoms with Crippen LogP contribution < -0.4 is 0 Å². The minimum Gasteiger partial charge on any atom is -0.0879 e. The van der Waals surface area contributed by atoms with E-state index in [0.717, 1.165) is 59.2 Å². The van der Waals surface area contributed by atoms with Gasteiger partial charge in [0.2, 0.25) is 0 Å². The van der Waals surface area contributed by atoms with Gasteiger partial charge in [-0.1, -0.05) is 24.3 Å². The van der Waals surface area contributed by atoms with Gasteiger partial charge in [0, 0.05) is 0 Å². The van der Waals surface area contributed by atoms with Crippen LogP contribution in [-0.2, 0) is 0 Å². The normalized spacial score (nSPS) is 72.8. The molecule has 0 heteroatoms. The molecule has 0 N–H and O–H groups in total. The van der Waals surface area contributed by atoms with Gasteiger partial charge in [-0.3, -0.25) is 0 Å². The molecule has 0 saturated heterocycles. The summed E-state index contributed by atoms with van der Waals surface area (Å²) in [5.41, 5.74) is 0. The van der Waals surface area contributed by atoms with E-state index in [1.165, 1.54) is 18.3 Å². The molecule has 0 amide bonds. The highest BCUT2D eigenvalue weighted by molar-refractivity contribution is 5.27. The molecule has 5 fully saturated rings. The molecule has 12 atom stereocenters. The second-order valence-electron chi connectivity index (χ2n) is 9.29. The van der Waals surface area contributed by atoms with Crippen LogP contribution in [0.25, 0.3) is 0 Å². The van der Waals surface area contributed by atoms with E-state index in [1.54, 1.807) is 19.3 Å². The lowest BCUT2D eigenvalue weighted by Gasteiger charge is -2.47. The van der Waals surface area contributed by atoms with Gasteiger partial charge < -0.3 is 0 Å². The van der Waals surface area contributed by atoms with E-state index in [-0.39, 0.29) is 0 Å². The molecule has 7 aliphatic carbocycles. The van der Waals surface area contributed by atoms with Crippen LogP contribution >= 0.6 is 0 Å². The average Bonchev–Trinajstić information content (AvgIpc) is 3.23. The van der Waals surface area contributed by atoms with Gasteiger partial charge >= 0.3 is 0 Å². The van der Waals surface area contributed by atoms with E-state index in [1.807, 2.05) is 0 Å². The van der Waals surface area contributed by atoms with Crippen LogP contribution in [0.5, 0.6) is 0 Å². The monoisotopic (exact) mass is 264 g/mol. The second kappa shape index (κ2) is 2.99. The summed E-state index contributed by atoms with van der Waals surface area (Å²) >= 11 is 0.